The van der Waals surface area contributed by atoms with Crippen LogP contribution in [0.5, 0.6) is 0 Å². The van der Waals surface area contributed by atoms with Gasteiger partial charge in [-0.05, 0) is 110 Å². The Morgan fingerprint density at radius 2 is 1.74 bits per heavy atom. The van der Waals surface area contributed by atoms with Crippen molar-refractivity contribution in [3.05, 3.63) is 11.6 Å². The van der Waals surface area contributed by atoms with Crippen LogP contribution in [0.25, 0.3) is 0 Å². The topological polar surface area (TPSA) is 82.1 Å². The van der Waals surface area contributed by atoms with Gasteiger partial charge in [0, 0.05) is 12.8 Å². The fraction of sp³-hybridized carbons (Fsp3) is 0.921. The number of carbonyl (C=O) groups is 1. The van der Waals surface area contributed by atoms with Crippen molar-refractivity contribution in [3.8, 4) is 0 Å². The zero-order valence-electron chi connectivity index (χ0n) is 30.9. The molecule has 4 unspecified atom stereocenters. The van der Waals surface area contributed by atoms with Crippen LogP contribution < -0.4 is 0 Å². The average Bonchev–Trinajstić information content (AvgIpc) is 3.32. The highest BCUT2D eigenvalue weighted by Crippen LogP contribution is 2.67. The largest absolute Gasteiger partial charge is 0.472 e. The van der Waals surface area contributed by atoms with Gasteiger partial charge >= 0.3 is 13.8 Å². The van der Waals surface area contributed by atoms with Gasteiger partial charge in [-0.1, -0.05) is 66.0 Å². The second kappa shape index (κ2) is 15.4. The highest BCUT2D eigenvalue weighted by molar-refractivity contribution is 7.47. The van der Waals surface area contributed by atoms with E-state index in [2.05, 4.69) is 47.6 Å². The Kier molecular flexibility index (Phi) is 12.8. The lowest BCUT2D eigenvalue weighted by molar-refractivity contribution is -0.870. The van der Waals surface area contributed by atoms with Crippen LogP contribution in [0.2, 0.25) is 0 Å². The Labute approximate surface area is 281 Å². The number of fused-ring (bicyclic) bond motifs is 5. The molecule has 4 aliphatic carbocycles. The van der Waals surface area contributed by atoms with E-state index in [9.17, 15) is 14.3 Å². The summed E-state index contributed by atoms with van der Waals surface area (Å²) in [5, 5.41) is 0. The molecule has 3 saturated carbocycles. The van der Waals surface area contributed by atoms with Crippen LogP contribution in [0.4, 0.5) is 0 Å². The highest BCUT2D eigenvalue weighted by Gasteiger charge is 2.59. The Hall–Kier alpha value is -0.720. The SMILES string of the molecule is CC[C@H](CC[C@@H](C)[C@H]1CCC2C3CC=C4C[C@@H](OC(=O)CCCOP(=O)(O)OCC[N+](C)(C)C)CC[C@]4(C)C3CC[C@@]21C)C(C)C. The number of quaternary nitrogens is 1. The van der Waals surface area contributed by atoms with Gasteiger partial charge in [0.25, 0.3) is 0 Å². The predicted molar refractivity (Wildman–Crippen MR) is 186 cm³/mol. The lowest BCUT2D eigenvalue weighted by atomic mass is 9.47. The first kappa shape index (κ1) is 38.1. The van der Waals surface area contributed by atoms with Crippen molar-refractivity contribution >= 4 is 13.8 Å². The molecule has 46 heavy (non-hydrogen) atoms. The Bertz CT molecular complexity index is 1100. The number of rotatable bonds is 16. The number of carbonyl (C=O) groups excluding carboxylic acids is 1. The van der Waals surface area contributed by atoms with Crippen molar-refractivity contribution in [2.75, 3.05) is 40.9 Å². The number of phosphoric acid groups is 1. The maximum absolute atomic E-state index is 12.7. The molecule has 8 heteroatoms. The van der Waals surface area contributed by atoms with E-state index in [4.69, 9.17) is 13.8 Å². The van der Waals surface area contributed by atoms with Gasteiger partial charge in [-0.2, -0.15) is 0 Å². The fourth-order valence-corrected chi connectivity index (χ4v) is 11.2. The number of likely N-dealkylation sites (N-methyl/N-ethyl adjacent to an activating group) is 1. The summed E-state index contributed by atoms with van der Waals surface area (Å²) < 4.78 is 28.8. The molecular formula is C38H69NO6P+. The number of phosphoric ester groups is 1. The van der Waals surface area contributed by atoms with E-state index in [1.54, 1.807) is 0 Å². The van der Waals surface area contributed by atoms with E-state index in [-0.39, 0.29) is 37.1 Å². The van der Waals surface area contributed by atoms with Crippen molar-refractivity contribution in [2.45, 2.75) is 131 Å². The molecule has 1 N–H and O–H groups in total. The summed E-state index contributed by atoms with van der Waals surface area (Å²) >= 11 is 0. The molecular weight excluding hydrogens is 597 g/mol. The Morgan fingerprint density at radius 3 is 2.41 bits per heavy atom. The van der Waals surface area contributed by atoms with E-state index in [1.807, 2.05) is 21.1 Å². The van der Waals surface area contributed by atoms with Crippen LogP contribution in [0.1, 0.15) is 125 Å². The summed E-state index contributed by atoms with van der Waals surface area (Å²) in [5.41, 5.74) is 2.24. The fourth-order valence-electron chi connectivity index (χ4n) is 10.5. The molecule has 3 fully saturated rings. The summed E-state index contributed by atoms with van der Waals surface area (Å²) in [6.45, 7) is 15.6. The van der Waals surface area contributed by atoms with Gasteiger partial charge in [-0.15, -0.1) is 0 Å². The Balaban J connectivity index is 1.26. The number of ether oxygens (including phenoxy) is 1. The van der Waals surface area contributed by atoms with Crippen molar-refractivity contribution in [1.82, 2.24) is 0 Å². The van der Waals surface area contributed by atoms with E-state index in [0.29, 0.717) is 22.9 Å². The normalized spacial score (nSPS) is 35.4. The number of hydrogen-bond acceptors (Lipinski definition) is 5. The number of nitrogens with zero attached hydrogens (tertiary/aromatic N) is 1. The van der Waals surface area contributed by atoms with Gasteiger partial charge < -0.3 is 14.1 Å². The molecule has 0 aromatic heterocycles. The first-order valence-electron chi connectivity index (χ1n) is 18.8. The van der Waals surface area contributed by atoms with E-state index in [1.165, 1.54) is 56.9 Å². The summed E-state index contributed by atoms with van der Waals surface area (Å²) in [7, 11) is 1.85. The molecule has 266 valence electrons. The molecule has 0 spiro atoms. The predicted octanol–water partition coefficient (Wildman–Crippen LogP) is 9.20. The van der Waals surface area contributed by atoms with Crippen molar-refractivity contribution in [2.24, 2.45) is 52.3 Å². The summed E-state index contributed by atoms with van der Waals surface area (Å²) in [4.78, 5) is 22.6. The molecule has 0 aliphatic heterocycles. The summed E-state index contributed by atoms with van der Waals surface area (Å²) in [6.07, 6.45) is 16.7. The second-order valence-electron chi connectivity index (χ2n) is 17.6. The number of allylic oxidation sites excluding steroid dienone is 1. The van der Waals surface area contributed by atoms with Crippen molar-refractivity contribution in [3.63, 3.8) is 0 Å². The van der Waals surface area contributed by atoms with Crippen LogP contribution in [-0.2, 0) is 23.1 Å². The van der Waals surface area contributed by atoms with E-state index >= 15 is 0 Å². The van der Waals surface area contributed by atoms with Crippen LogP contribution >= 0.6 is 7.82 Å². The lowest BCUT2D eigenvalue weighted by Crippen LogP contribution is -2.51. The molecule has 4 aliphatic rings. The first-order chi connectivity index (χ1) is 21.5. The summed E-state index contributed by atoms with van der Waals surface area (Å²) in [5.74, 6) is 5.48. The van der Waals surface area contributed by atoms with Crippen LogP contribution in [0, 0.1) is 52.3 Å². The molecule has 0 saturated heterocycles. The minimum atomic E-state index is -4.11. The maximum Gasteiger partial charge on any atom is 0.472 e. The number of esters is 1. The van der Waals surface area contributed by atoms with Gasteiger partial charge in [0.15, 0.2) is 0 Å². The minimum absolute atomic E-state index is 0.0128. The molecule has 7 nitrogen and oxygen atoms in total. The molecule has 4 rings (SSSR count). The number of hydrogen-bond donors (Lipinski definition) is 1. The average molecular weight is 667 g/mol. The third-order valence-electron chi connectivity index (χ3n) is 13.4. The van der Waals surface area contributed by atoms with Crippen LogP contribution in [0.15, 0.2) is 11.6 Å². The van der Waals surface area contributed by atoms with E-state index < -0.39 is 7.82 Å². The smallest absolute Gasteiger partial charge is 0.462 e. The quantitative estimate of drug-likeness (QED) is 0.0582. The van der Waals surface area contributed by atoms with Gasteiger partial charge in [-0.25, -0.2) is 4.57 Å². The molecule has 0 amide bonds. The maximum atomic E-state index is 12.7. The van der Waals surface area contributed by atoms with Crippen molar-refractivity contribution in [1.29, 1.82) is 0 Å². The monoisotopic (exact) mass is 666 g/mol. The third-order valence-corrected chi connectivity index (χ3v) is 14.4. The second-order valence-corrected chi connectivity index (χ2v) is 19.0. The molecule has 0 heterocycles. The van der Waals surface area contributed by atoms with Crippen LogP contribution in [0.3, 0.4) is 0 Å². The van der Waals surface area contributed by atoms with E-state index in [0.717, 1.165) is 60.7 Å². The molecule has 10 atom stereocenters. The lowest BCUT2D eigenvalue weighted by Gasteiger charge is -2.58. The third kappa shape index (κ3) is 9.09. The van der Waals surface area contributed by atoms with Crippen molar-refractivity contribution < 1.29 is 32.5 Å². The summed E-state index contributed by atoms with van der Waals surface area (Å²) in [6, 6.07) is 0. The standard InChI is InChI=1S/C38H68NO6P/c1-10-29(27(2)3)14-13-28(4)33-17-18-34-32-16-15-30-26-31(19-21-37(30,5)35(32)20-22-38(33,34)6)45-36(40)12-11-24-43-46(41,42)44-25-23-39(7,8)9/h15,27-29,31-35H,10-14,16-26H2,1-9H3/p+1/t28-,29-,31+,32?,33-,34?,35?,37+,38-/m1/s1. The molecule has 0 aromatic rings. The molecule has 0 aromatic carbocycles. The van der Waals surface area contributed by atoms with Gasteiger partial charge in [0.1, 0.15) is 19.3 Å². The minimum Gasteiger partial charge on any atom is -0.462 e. The van der Waals surface area contributed by atoms with Gasteiger partial charge in [0.05, 0.1) is 27.7 Å². The highest BCUT2D eigenvalue weighted by atomic mass is 31.2. The molecule has 0 radical (unpaired) electrons. The zero-order valence-corrected chi connectivity index (χ0v) is 31.8. The molecule has 0 bridgehead atoms. The Morgan fingerprint density at radius 1 is 1.02 bits per heavy atom. The van der Waals surface area contributed by atoms with Gasteiger partial charge in [0.2, 0.25) is 0 Å². The van der Waals surface area contributed by atoms with Gasteiger partial charge in [-0.3, -0.25) is 13.8 Å². The zero-order chi connectivity index (χ0) is 33.9. The first-order valence-corrected chi connectivity index (χ1v) is 20.3. The van der Waals surface area contributed by atoms with Crippen LogP contribution in [-0.4, -0.2) is 62.4 Å².